The maximum absolute atomic E-state index is 13.1. The maximum Gasteiger partial charge on any atom is 0.326 e. The summed E-state index contributed by atoms with van der Waals surface area (Å²) in [6.07, 6.45) is 0.636. The summed E-state index contributed by atoms with van der Waals surface area (Å²) in [5.74, 6) is -1.82. The second kappa shape index (κ2) is 6.61. The van der Waals surface area contributed by atoms with Crippen LogP contribution in [0.5, 0.6) is 0 Å². The molecule has 0 aromatic heterocycles. The number of hydrogen-bond donors (Lipinski definition) is 2. The van der Waals surface area contributed by atoms with Crippen molar-refractivity contribution in [3.05, 3.63) is 35.4 Å². The summed E-state index contributed by atoms with van der Waals surface area (Å²) in [4.78, 5) is 39.2. The van der Waals surface area contributed by atoms with E-state index in [1.54, 1.807) is 29.7 Å². The molecule has 0 bridgehead atoms. The standard InChI is InChI=1S/C19H24N2O4S/c1-5-10(2)13(18(24)25)20-15(22)14-19(3,4)26-17-12-9-7-6-8-11(12)16(23)21(14)17/h6-10,13-14,17H,5H2,1-4H3,(H,20,22)(H,24,25)/t10-,13+,14-,17-/m1/s1. The summed E-state index contributed by atoms with van der Waals surface area (Å²) in [5.41, 5.74) is 1.54. The van der Waals surface area contributed by atoms with E-state index in [-0.39, 0.29) is 17.2 Å². The Morgan fingerprint density at radius 3 is 2.62 bits per heavy atom. The highest BCUT2D eigenvalue weighted by molar-refractivity contribution is 8.01. The van der Waals surface area contributed by atoms with Gasteiger partial charge in [-0.3, -0.25) is 9.59 Å². The number of rotatable bonds is 5. The third-order valence-corrected chi connectivity index (χ3v) is 6.86. The van der Waals surface area contributed by atoms with Crippen LogP contribution in [0, 0.1) is 5.92 Å². The van der Waals surface area contributed by atoms with E-state index in [1.807, 2.05) is 39.0 Å². The molecule has 0 saturated carbocycles. The van der Waals surface area contributed by atoms with Crippen molar-refractivity contribution >= 4 is 29.5 Å². The average Bonchev–Trinajstić information content (AvgIpc) is 3.02. The second-order valence-corrected chi connectivity index (χ2v) is 9.22. The number of carbonyl (C=O) groups is 3. The van der Waals surface area contributed by atoms with Gasteiger partial charge in [0.1, 0.15) is 17.5 Å². The van der Waals surface area contributed by atoms with Crippen molar-refractivity contribution in [3.8, 4) is 0 Å². The number of carboxylic acids is 1. The number of amides is 2. The number of fused-ring (bicyclic) bond motifs is 3. The molecule has 0 aliphatic carbocycles. The zero-order chi connectivity index (χ0) is 19.2. The van der Waals surface area contributed by atoms with Gasteiger partial charge in [0.25, 0.3) is 5.91 Å². The first-order valence-electron chi connectivity index (χ1n) is 8.81. The highest BCUT2D eigenvalue weighted by Gasteiger charge is 2.57. The molecule has 0 radical (unpaired) electrons. The molecule has 2 aliphatic rings. The number of aliphatic carboxylic acids is 1. The van der Waals surface area contributed by atoms with E-state index in [0.717, 1.165) is 5.56 Å². The van der Waals surface area contributed by atoms with Crippen LogP contribution >= 0.6 is 11.8 Å². The van der Waals surface area contributed by atoms with E-state index < -0.39 is 28.7 Å². The summed E-state index contributed by atoms with van der Waals surface area (Å²) < 4.78 is -0.517. The van der Waals surface area contributed by atoms with E-state index in [1.165, 1.54) is 0 Å². The molecule has 140 valence electrons. The van der Waals surface area contributed by atoms with Crippen LogP contribution in [-0.4, -0.2) is 44.6 Å². The average molecular weight is 376 g/mol. The lowest BCUT2D eigenvalue weighted by Gasteiger charge is -2.31. The van der Waals surface area contributed by atoms with Crippen molar-refractivity contribution in [1.29, 1.82) is 0 Å². The van der Waals surface area contributed by atoms with Crippen LogP contribution in [0.2, 0.25) is 0 Å². The fraction of sp³-hybridized carbons (Fsp3) is 0.526. The van der Waals surface area contributed by atoms with Gasteiger partial charge >= 0.3 is 5.97 Å². The highest BCUT2D eigenvalue weighted by atomic mass is 32.2. The molecule has 2 N–H and O–H groups in total. The Morgan fingerprint density at radius 2 is 2.00 bits per heavy atom. The fourth-order valence-corrected chi connectivity index (χ4v) is 5.31. The normalized spacial score (nSPS) is 25.4. The molecule has 1 aromatic rings. The molecule has 2 aliphatic heterocycles. The Balaban J connectivity index is 1.91. The van der Waals surface area contributed by atoms with Crippen molar-refractivity contribution in [2.24, 2.45) is 5.92 Å². The summed E-state index contributed by atoms with van der Waals surface area (Å²) in [6, 6.07) is 5.71. The van der Waals surface area contributed by atoms with E-state index in [0.29, 0.717) is 12.0 Å². The van der Waals surface area contributed by atoms with Crippen molar-refractivity contribution in [1.82, 2.24) is 10.2 Å². The monoisotopic (exact) mass is 376 g/mol. The number of nitrogens with zero attached hydrogens (tertiary/aromatic N) is 1. The van der Waals surface area contributed by atoms with E-state index >= 15 is 0 Å². The van der Waals surface area contributed by atoms with E-state index in [2.05, 4.69) is 5.32 Å². The Morgan fingerprint density at radius 1 is 1.35 bits per heavy atom. The molecule has 1 fully saturated rings. The van der Waals surface area contributed by atoms with Gasteiger partial charge in [0, 0.05) is 10.3 Å². The zero-order valence-corrected chi connectivity index (χ0v) is 16.2. The van der Waals surface area contributed by atoms with Crippen LogP contribution in [0.25, 0.3) is 0 Å². The summed E-state index contributed by atoms with van der Waals surface area (Å²) >= 11 is 1.57. The molecule has 26 heavy (non-hydrogen) atoms. The summed E-state index contributed by atoms with van der Waals surface area (Å²) in [6.45, 7) is 7.54. The van der Waals surface area contributed by atoms with Crippen molar-refractivity contribution in [3.63, 3.8) is 0 Å². The van der Waals surface area contributed by atoms with Crippen LogP contribution in [0.4, 0.5) is 0 Å². The maximum atomic E-state index is 13.1. The Kier molecular flexibility index (Phi) is 4.77. The number of thioether (sulfide) groups is 1. The summed E-state index contributed by atoms with van der Waals surface area (Å²) in [5, 5.41) is 11.9. The third kappa shape index (κ3) is 2.88. The number of benzene rings is 1. The first kappa shape index (κ1) is 18.8. The topological polar surface area (TPSA) is 86.7 Å². The van der Waals surface area contributed by atoms with Gasteiger partial charge in [-0.25, -0.2) is 4.79 Å². The molecule has 1 saturated heterocycles. The molecule has 6 nitrogen and oxygen atoms in total. The number of nitrogens with one attached hydrogen (secondary N) is 1. The Labute approximate surface area is 157 Å². The van der Waals surface area contributed by atoms with Gasteiger partial charge in [-0.05, 0) is 31.4 Å². The van der Waals surface area contributed by atoms with Crippen molar-refractivity contribution in [2.75, 3.05) is 0 Å². The molecule has 7 heteroatoms. The van der Waals surface area contributed by atoms with Crippen LogP contribution < -0.4 is 5.32 Å². The summed E-state index contributed by atoms with van der Waals surface area (Å²) in [7, 11) is 0. The molecule has 0 unspecified atom stereocenters. The van der Waals surface area contributed by atoms with Gasteiger partial charge in [0.15, 0.2) is 0 Å². The quantitative estimate of drug-likeness (QED) is 0.825. The predicted molar refractivity (Wildman–Crippen MR) is 99.8 cm³/mol. The molecule has 1 aromatic carbocycles. The number of hydrogen-bond acceptors (Lipinski definition) is 4. The molecule has 2 amide bonds. The largest absolute Gasteiger partial charge is 0.480 e. The van der Waals surface area contributed by atoms with Crippen LogP contribution in [-0.2, 0) is 9.59 Å². The molecular formula is C19H24N2O4S. The number of carboxylic acid groups (broad SMARTS) is 1. The van der Waals surface area contributed by atoms with Gasteiger partial charge in [0.2, 0.25) is 5.91 Å². The van der Waals surface area contributed by atoms with Crippen LogP contribution in [0.15, 0.2) is 24.3 Å². The number of carbonyl (C=O) groups excluding carboxylic acids is 2. The predicted octanol–water partition coefficient (Wildman–Crippen LogP) is 2.65. The Bertz CT molecular complexity index is 764. The van der Waals surface area contributed by atoms with E-state index in [4.69, 9.17) is 0 Å². The van der Waals surface area contributed by atoms with E-state index in [9.17, 15) is 19.5 Å². The fourth-order valence-electron chi connectivity index (χ4n) is 3.72. The minimum absolute atomic E-state index is 0.167. The SMILES string of the molecule is CC[C@@H](C)[C@H](NC(=O)[C@H]1N2C(=O)c3ccccc3[C@H]2SC1(C)C)C(=O)O. The molecule has 3 rings (SSSR count). The van der Waals surface area contributed by atoms with Crippen molar-refractivity contribution in [2.45, 2.75) is 56.3 Å². The van der Waals surface area contributed by atoms with Gasteiger partial charge in [0.05, 0.1) is 0 Å². The van der Waals surface area contributed by atoms with Gasteiger partial charge in [-0.2, -0.15) is 0 Å². The Hall–Kier alpha value is -2.02. The van der Waals surface area contributed by atoms with Crippen LogP contribution in [0.3, 0.4) is 0 Å². The van der Waals surface area contributed by atoms with Gasteiger partial charge < -0.3 is 15.3 Å². The zero-order valence-electron chi connectivity index (χ0n) is 15.4. The second-order valence-electron chi connectivity index (χ2n) is 7.49. The van der Waals surface area contributed by atoms with Gasteiger partial charge in [-0.1, -0.05) is 38.5 Å². The lowest BCUT2D eigenvalue weighted by atomic mass is 9.96. The lowest BCUT2D eigenvalue weighted by Crippen LogP contribution is -2.56. The first-order valence-corrected chi connectivity index (χ1v) is 9.69. The third-order valence-electron chi connectivity index (χ3n) is 5.32. The molecule has 4 atom stereocenters. The van der Waals surface area contributed by atoms with Crippen LogP contribution in [0.1, 0.15) is 55.4 Å². The van der Waals surface area contributed by atoms with Crippen molar-refractivity contribution < 1.29 is 19.5 Å². The smallest absolute Gasteiger partial charge is 0.326 e. The molecular weight excluding hydrogens is 352 g/mol. The highest BCUT2D eigenvalue weighted by Crippen LogP contribution is 2.56. The minimum Gasteiger partial charge on any atom is -0.480 e. The van der Waals surface area contributed by atoms with Gasteiger partial charge in [-0.15, -0.1) is 11.8 Å². The first-order chi connectivity index (χ1) is 12.2. The minimum atomic E-state index is -1.05. The lowest BCUT2D eigenvalue weighted by molar-refractivity contribution is -0.144. The molecule has 2 heterocycles. The molecule has 0 spiro atoms.